The summed E-state index contributed by atoms with van der Waals surface area (Å²) in [6.45, 7) is 1.52. The van der Waals surface area contributed by atoms with Gasteiger partial charge in [0, 0.05) is 12.8 Å². The van der Waals surface area contributed by atoms with Crippen molar-refractivity contribution in [2.24, 2.45) is 0 Å². The lowest BCUT2D eigenvalue weighted by molar-refractivity contribution is -0.314. The van der Waals surface area contributed by atoms with Crippen molar-refractivity contribution in [2.75, 3.05) is 0 Å². The van der Waals surface area contributed by atoms with Gasteiger partial charge in [-0.15, -0.1) is 0 Å². The van der Waals surface area contributed by atoms with Crippen molar-refractivity contribution in [3.63, 3.8) is 0 Å². The number of esters is 2. The number of carbonyl (C=O) groups excluding carboxylic acids is 2. The molecule has 0 amide bonds. The minimum Gasteiger partial charge on any atom is -0.393 e. The summed E-state index contributed by atoms with van der Waals surface area (Å²) >= 11 is 0. The van der Waals surface area contributed by atoms with Gasteiger partial charge >= 0.3 is 11.9 Å². The first-order chi connectivity index (χ1) is 5.85. The third-order valence-corrected chi connectivity index (χ3v) is 1.18. The highest BCUT2D eigenvalue weighted by Gasteiger charge is 2.21. The van der Waals surface area contributed by atoms with E-state index in [0.29, 0.717) is 0 Å². The first-order valence-electron chi connectivity index (χ1n) is 3.76. The van der Waals surface area contributed by atoms with Crippen LogP contribution < -0.4 is 0 Å². The van der Waals surface area contributed by atoms with E-state index in [0.717, 1.165) is 0 Å². The average Bonchev–Trinajstić information content (AvgIpc) is 1.99. The maximum Gasteiger partial charge on any atom is 0.313 e. The molecule has 0 aliphatic carbocycles. The predicted molar refractivity (Wildman–Crippen MR) is 40.0 cm³/mol. The molecule has 0 radical (unpaired) electrons. The van der Waals surface area contributed by atoms with Crippen LogP contribution in [0.2, 0.25) is 0 Å². The molecule has 0 spiro atoms. The van der Waals surface area contributed by atoms with Crippen LogP contribution in [-0.4, -0.2) is 33.2 Å². The Balaban J connectivity index is 3.70. The highest BCUT2D eigenvalue weighted by atomic mass is 16.7. The van der Waals surface area contributed by atoms with Crippen LogP contribution in [0.3, 0.4) is 0 Å². The van der Waals surface area contributed by atoms with Gasteiger partial charge in [-0.2, -0.15) is 0 Å². The molecule has 0 heterocycles. The van der Waals surface area contributed by atoms with Gasteiger partial charge in [-0.3, -0.25) is 9.59 Å². The Labute approximate surface area is 74.7 Å². The number of hydrogen-bond acceptors (Lipinski definition) is 6. The molecule has 13 heavy (non-hydrogen) atoms. The summed E-state index contributed by atoms with van der Waals surface area (Å²) < 4.78 is 4.18. The second-order valence-electron chi connectivity index (χ2n) is 2.47. The van der Waals surface area contributed by atoms with Crippen LogP contribution in [0.15, 0.2) is 0 Å². The van der Waals surface area contributed by atoms with Gasteiger partial charge in [-0.1, -0.05) is 6.92 Å². The second-order valence-corrected chi connectivity index (χ2v) is 2.47. The molecule has 0 saturated heterocycles. The van der Waals surface area contributed by atoms with Gasteiger partial charge in [0.15, 0.2) is 0 Å². The van der Waals surface area contributed by atoms with E-state index in [1.807, 2.05) is 0 Å². The van der Waals surface area contributed by atoms with Crippen molar-refractivity contribution in [3.8, 4) is 0 Å². The molecule has 0 aromatic rings. The minimum absolute atomic E-state index is 0.0637. The fourth-order valence-corrected chi connectivity index (χ4v) is 0.520. The Kier molecular flexibility index (Phi) is 4.53. The number of rotatable bonds is 4. The number of carbonyl (C=O) groups is 2. The molecule has 0 aliphatic rings. The molecule has 0 rings (SSSR count). The summed E-state index contributed by atoms with van der Waals surface area (Å²) in [6, 6.07) is 0. The zero-order valence-corrected chi connectivity index (χ0v) is 7.19. The lowest BCUT2D eigenvalue weighted by Crippen LogP contribution is -2.28. The smallest absolute Gasteiger partial charge is 0.313 e. The number of aliphatic hydroxyl groups is 3. The van der Waals surface area contributed by atoms with Crippen LogP contribution in [0.25, 0.3) is 0 Å². The van der Waals surface area contributed by atoms with Crippen LogP contribution in [0.5, 0.6) is 0 Å². The zero-order valence-electron chi connectivity index (χ0n) is 7.19. The van der Waals surface area contributed by atoms with Crippen molar-refractivity contribution >= 4 is 11.9 Å². The average molecular weight is 192 g/mol. The van der Waals surface area contributed by atoms with Gasteiger partial charge in [-0.25, -0.2) is 0 Å². The van der Waals surface area contributed by atoms with Crippen molar-refractivity contribution in [1.82, 2.24) is 0 Å². The Morgan fingerprint density at radius 2 is 1.77 bits per heavy atom. The predicted octanol–water partition coefficient (Wildman–Crippen LogP) is -1.12. The summed E-state index contributed by atoms with van der Waals surface area (Å²) in [5.41, 5.74) is 0. The third kappa shape index (κ3) is 7.38. The standard InChI is InChI=1S/C7H12O6/c1-2-5(8)13-6(9)3-4-7(10,11)12/h10-12H,2-4H2,1H3. The molecule has 6 nitrogen and oxygen atoms in total. The fourth-order valence-electron chi connectivity index (χ4n) is 0.520. The van der Waals surface area contributed by atoms with E-state index in [-0.39, 0.29) is 6.42 Å². The van der Waals surface area contributed by atoms with Crippen LogP contribution in [0.4, 0.5) is 0 Å². The molecule has 3 N–H and O–H groups in total. The van der Waals surface area contributed by atoms with Crippen molar-refractivity contribution in [2.45, 2.75) is 32.2 Å². The van der Waals surface area contributed by atoms with Crippen LogP contribution in [-0.2, 0) is 14.3 Å². The second kappa shape index (κ2) is 4.90. The van der Waals surface area contributed by atoms with E-state index >= 15 is 0 Å². The maximum absolute atomic E-state index is 10.7. The lowest BCUT2D eigenvalue weighted by Gasteiger charge is -2.12. The van der Waals surface area contributed by atoms with Gasteiger partial charge < -0.3 is 20.1 Å². The van der Waals surface area contributed by atoms with Gasteiger partial charge in [0.1, 0.15) is 0 Å². The topological polar surface area (TPSA) is 104 Å². The highest BCUT2D eigenvalue weighted by molar-refractivity contribution is 5.85. The van der Waals surface area contributed by atoms with Crippen molar-refractivity contribution in [1.29, 1.82) is 0 Å². The molecule has 0 aromatic carbocycles. The molecule has 0 aliphatic heterocycles. The van der Waals surface area contributed by atoms with Crippen molar-refractivity contribution < 1.29 is 29.6 Å². The Morgan fingerprint density at radius 1 is 1.23 bits per heavy atom. The molecule has 0 atom stereocenters. The molecular weight excluding hydrogens is 180 g/mol. The Bertz CT molecular complexity index is 192. The van der Waals surface area contributed by atoms with E-state index in [1.54, 1.807) is 0 Å². The van der Waals surface area contributed by atoms with E-state index in [1.165, 1.54) is 6.92 Å². The SMILES string of the molecule is CCC(=O)OC(=O)CCC(O)(O)O. The van der Waals surface area contributed by atoms with Crippen LogP contribution >= 0.6 is 0 Å². The zero-order chi connectivity index (χ0) is 10.5. The Morgan fingerprint density at radius 3 is 2.15 bits per heavy atom. The van der Waals surface area contributed by atoms with Crippen molar-refractivity contribution in [3.05, 3.63) is 0 Å². The van der Waals surface area contributed by atoms with Gasteiger partial charge in [0.25, 0.3) is 5.97 Å². The quantitative estimate of drug-likeness (QED) is 0.296. The van der Waals surface area contributed by atoms with Gasteiger partial charge in [0.05, 0.1) is 6.42 Å². The molecular formula is C7H12O6. The summed E-state index contributed by atoms with van der Waals surface area (Å²) in [6.07, 6.45) is -0.966. The van der Waals surface area contributed by atoms with E-state index in [2.05, 4.69) is 4.74 Å². The molecule has 6 heteroatoms. The fraction of sp³-hybridized carbons (Fsp3) is 0.714. The van der Waals surface area contributed by atoms with Gasteiger partial charge in [-0.05, 0) is 0 Å². The van der Waals surface area contributed by atoms with Gasteiger partial charge in [0.2, 0.25) is 0 Å². The van der Waals surface area contributed by atoms with Crippen LogP contribution in [0, 0.1) is 0 Å². The first-order valence-corrected chi connectivity index (χ1v) is 3.76. The summed E-state index contributed by atoms with van der Waals surface area (Å²) in [7, 11) is 0. The highest BCUT2D eigenvalue weighted by Crippen LogP contribution is 2.05. The summed E-state index contributed by atoms with van der Waals surface area (Å²) in [5, 5.41) is 25.1. The Hall–Kier alpha value is -0.980. The summed E-state index contributed by atoms with van der Waals surface area (Å²) in [4.78, 5) is 21.2. The monoisotopic (exact) mass is 192 g/mol. The van der Waals surface area contributed by atoms with Crippen LogP contribution in [0.1, 0.15) is 26.2 Å². The molecule has 0 unspecified atom stereocenters. The summed E-state index contributed by atoms with van der Waals surface area (Å²) in [5.74, 6) is -4.48. The van der Waals surface area contributed by atoms with E-state index in [4.69, 9.17) is 15.3 Å². The molecule has 0 bridgehead atoms. The number of ether oxygens (including phenoxy) is 1. The largest absolute Gasteiger partial charge is 0.393 e. The minimum atomic E-state index is -2.89. The van der Waals surface area contributed by atoms with E-state index in [9.17, 15) is 9.59 Å². The molecule has 0 saturated carbocycles. The van der Waals surface area contributed by atoms with E-state index < -0.39 is 30.8 Å². The lowest BCUT2D eigenvalue weighted by atomic mass is 10.3. The molecule has 0 fully saturated rings. The first kappa shape index (κ1) is 12.0. The normalized spacial score (nSPS) is 11.1. The third-order valence-electron chi connectivity index (χ3n) is 1.18. The molecule has 0 aromatic heterocycles. The number of hydrogen-bond donors (Lipinski definition) is 3. The maximum atomic E-state index is 10.7. The molecule has 76 valence electrons.